The van der Waals surface area contributed by atoms with Crippen LogP contribution in [0.15, 0.2) is 33.6 Å². The van der Waals surface area contributed by atoms with E-state index in [4.69, 9.17) is 0 Å². The predicted octanol–water partition coefficient (Wildman–Crippen LogP) is 2.32. The first-order chi connectivity index (χ1) is 8.10. The second kappa shape index (κ2) is 4.70. The molecule has 0 aromatic heterocycles. The Morgan fingerprint density at radius 3 is 2.71 bits per heavy atom. The molecule has 1 aromatic rings. The van der Waals surface area contributed by atoms with E-state index in [9.17, 15) is 8.42 Å². The minimum atomic E-state index is -3.53. The fraction of sp³-hybridized carbons (Fsp3) is 0.364. The molecule has 0 radical (unpaired) electrons. The van der Waals surface area contributed by atoms with Crippen LogP contribution in [-0.4, -0.2) is 26.4 Å². The van der Waals surface area contributed by atoms with E-state index in [2.05, 4.69) is 11.3 Å². The molecule has 0 saturated carbocycles. The van der Waals surface area contributed by atoms with Crippen LogP contribution in [0.5, 0.6) is 0 Å². The molecule has 1 heterocycles. The number of sulfonamides is 1. The number of nitrogens with zero attached hydrogens (tertiary/aromatic N) is 2. The van der Waals surface area contributed by atoms with Gasteiger partial charge in [-0.25, -0.2) is 0 Å². The number of thioether (sulfide) groups is 1. The average Bonchev–Trinajstić information content (AvgIpc) is 2.33. The molecule has 0 amide bonds. The molecule has 92 valence electrons. The molecule has 1 aliphatic heterocycles. The highest BCUT2D eigenvalue weighted by Gasteiger charge is 2.29. The maximum absolute atomic E-state index is 12.0. The van der Waals surface area contributed by atoms with Gasteiger partial charge in [0, 0.05) is 6.54 Å². The zero-order valence-electron chi connectivity index (χ0n) is 9.75. The number of rotatable bonds is 2. The minimum Gasteiger partial charge on any atom is -0.319 e. The fourth-order valence-corrected chi connectivity index (χ4v) is 3.89. The highest BCUT2D eigenvalue weighted by molar-refractivity contribution is 8.14. The van der Waals surface area contributed by atoms with Crippen LogP contribution < -0.4 is 4.90 Å². The number of amidine groups is 1. The Hall–Kier alpha value is -1.01. The van der Waals surface area contributed by atoms with Crippen LogP contribution in [0.4, 0.5) is 5.69 Å². The van der Waals surface area contributed by atoms with Gasteiger partial charge in [0.05, 0.1) is 5.69 Å². The third-order valence-corrected chi connectivity index (χ3v) is 4.60. The molecular formula is C11H14N2O2S2. The smallest absolute Gasteiger partial charge is 0.286 e. The molecule has 0 bridgehead atoms. The van der Waals surface area contributed by atoms with Gasteiger partial charge in [0.2, 0.25) is 0 Å². The van der Waals surface area contributed by atoms with Gasteiger partial charge < -0.3 is 4.90 Å². The molecule has 0 atom stereocenters. The van der Waals surface area contributed by atoms with E-state index in [1.54, 1.807) is 12.1 Å². The van der Waals surface area contributed by atoms with Crippen molar-refractivity contribution in [3.05, 3.63) is 24.3 Å². The van der Waals surface area contributed by atoms with Crippen LogP contribution >= 0.6 is 11.8 Å². The third-order valence-electron chi connectivity index (χ3n) is 2.49. The van der Waals surface area contributed by atoms with Gasteiger partial charge in [-0.1, -0.05) is 30.8 Å². The molecule has 17 heavy (non-hydrogen) atoms. The summed E-state index contributed by atoms with van der Waals surface area (Å²) in [7, 11) is -3.53. The van der Waals surface area contributed by atoms with Crippen LogP contribution in [0.25, 0.3) is 0 Å². The van der Waals surface area contributed by atoms with E-state index in [-0.39, 0.29) is 0 Å². The van der Waals surface area contributed by atoms with Crippen LogP contribution in [0.3, 0.4) is 0 Å². The number of anilines is 1. The summed E-state index contributed by atoms with van der Waals surface area (Å²) < 4.78 is 27.8. The molecule has 0 saturated heterocycles. The van der Waals surface area contributed by atoms with Crippen molar-refractivity contribution in [2.75, 3.05) is 17.7 Å². The lowest BCUT2D eigenvalue weighted by atomic mass is 10.3. The number of para-hydroxylation sites is 1. The number of fused-ring (bicyclic) bond motifs is 1. The summed E-state index contributed by atoms with van der Waals surface area (Å²) in [6.45, 7) is 2.83. The van der Waals surface area contributed by atoms with Gasteiger partial charge in [0.15, 0.2) is 5.17 Å². The van der Waals surface area contributed by atoms with E-state index in [0.717, 1.165) is 18.7 Å². The Balaban J connectivity index is 2.62. The summed E-state index contributed by atoms with van der Waals surface area (Å²) in [6.07, 6.45) is 2.78. The lowest BCUT2D eigenvalue weighted by Crippen LogP contribution is -2.34. The zero-order valence-corrected chi connectivity index (χ0v) is 11.4. The van der Waals surface area contributed by atoms with Crippen molar-refractivity contribution in [2.24, 2.45) is 4.40 Å². The van der Waals surface area contributed by atoms with Gasteiger partial charge in [0.1, 0.15) is 4.90 Å². The second-order valence-electron chi connectivity index (χ2n) is 3.67. The molecule has 6 heteroatoms. The summed E-state index contributed by atoms with van der Waals surface area (Å²) in [5, 5.41) is 0.547. The predicted molar refractivity (Wildman–Crippen MR) is 72.2 cm³/mol. The van der Waals surface area contributed by atoms with E-state index in [0.29, 0.717) is 10.1 Å². The standard InChI is InChI=1S/C11H14N2O2S2/c1-3-8-13-9-6-4-5-7-10(9)17(14,15)12-11(13)16-2/h4-7H,3,8H2,1-2H3. The number of hydrogen-bond donors (Lipinski definition) is 0. The van der Waals surface area contributed by atoms with E-state index in [1.807, 2.05) is 23.3 Å². The van der Waals surface area contributed by atoms with Crippen molar-refractivity contribution in [2.45, 2.75) is 18.2 Å². The summed E-state index contributed by atoms with van der Waals surface area (Å²) in [4.78, 5) is 2.26. The first kappa shape index (κ1) is 12.4. The van der Waals surface area contributed by atoms with E-state index in [1.165, 1.54) is 11.8 Å². The minimum absolute atomic E-state index is 0.297. The van der Waals surface area contributed by atoms with Crippen molar-refractivity contribution in [1.29, 1.82) is 0 Å². The Labute approximate surface area is 106 Å². The first-order valence-electron chi connectivity index (χ1n) is 5.35. The largest absolute Gasteiger partial charge is 0.319 e. The maximum Gasteiger partial charge on any atom is 0.286 e. The average molecular weight is 270 g/mol. The maximum atomic E-state index is 12.0. The summed E-state index contributed by atoms with van der Waals surface area (Å²) in [5.74, 6) is 0. The second-order valence-corrected chi connectivity index (χ2v) is 6.02. The summed E-state index contributed by atoms with van der Waals surface area (Å²) in [5.41, 5.74) is 0.730. The van der Waals surface area contributed by atoms with Crippen molar-refractivity contribution in [1.82, 2.24) is 0 Å². The normalized spacial score (nSPS) is 17.5. The van der Waals surface area contributed by atoms with Gasteiger partial charge >= 0.3 is 0 Å². The monoisotopic (exact) mass is 270 g/mol. The van der Waals surface area contributed by atoms with Crippen molar-refractivity contribution in [3.63, 3.8) is 0 Å². The quantitative estimate of drug-likeness (QED) is 0.827. The summed E-state index contributed by atoms with van der Waals surface area (Å²) >= 11 is 1.36. The van der Waals surface area contributed by atoms with Gasteiger partial charge in [-0.3, -0.25) is 0 Å². The highest BCUT2D eigenvalue weighted by Crippen LogP contribution is 2.33. The van der Waals surface area contributed by atoms with Gasteiger partial charge in [0.25, 0.3) is 10.0 Å². The summed E-state index contributed by atoms with van der Waals surface area (Å²) in [6, 6.07) is 7.00. The number of hydrogen-bond acceptors (Lipinski definition) is 4. The first-order valence-corrected chi connectivity index (χ1v) is 8.02. The van der Waals surface area contributed by atoms with Crippen LogP contribution in [0.2, 0.25) is 0 Å². The molecule has 2 rings (SSSR count). The van der Waals surface area contributed by atoms with Crippen molar-refractivity contribution >= 4 is 32.6 Å². The van der Waals surface area contributed by atoms with Crippen molar-refractivity contribution in [3.8, 4) is 0 Å². The number of benzene rings is 1. The topological polar surface area (TPSA) is 49.7 Å². The van der Waals surface area contributed by atoms with Gasteiger partial charge in [-0.2, -0.15) is 8.42 Å². The van der Waals surface area contributed by atoms with Gasteiger partial charge in [-0.15, -0.1) is 4.40 Å². The molecule has 4 nitrogen and oxygen atoms in total. The molecule has 0 unspecified atom stereocenters. The molecular weight excluding hydrogens is 256 g/mol. The lowest BCUT2D eigenvalue weighted by Gasteiger charge is -2.29. The SMILES string of the molecule is CCCN1C(SC)=NS(=O)(=O)c2ccccc21. The van der Waals surface area contributed by atoms with Crippen molar-refractivity contribution < 1.29 is 8.42 Å². The molecule has 0 aliphatic carbocycles. The van der Waals surface area contributed by atoms with Crippen LogP contribution in [-0.2, 0) is 10.0 Å². The Bertz CT molecular complexity index is 552. The van der Waals surface area contributed by atoms with Crippen LogP contribution in [0.1, 0.15) is 13.3 Å². The molecule has 0 fully saturated rings. The van der Waals surface area contributed by atoms with Gasteiger partial charge in [-0.05, 0) is 24.8 Å². The van der Waals surface area contributed by atoms with Crippen LogP contribution in [0, 0.1) is 0 Å². The Morgan fingerprint density at radius 1 is 1.35 bits per heavy atom. The Morgan fingerprint density at radius 2 is 2.06 bits per heavy atom. The van der Waals surface area contributed by atoms with E-state index < -0.39 is 10.0 Å². The molecule has 0 N–H and O–H groups in total. The highest BCUT2D eigenvalue weighted by atomic mass is 32.2. The molecule has 1 aromatic carbocycles. The third kappa shape index (κ3) is 2.19. The molecule has 0 spiro atoms. The lowest BCUT2D eigenvalue weighted by molar-refractivity contribution is 0.597. The fourth-order valence-electron chi connectivity index (χ4n) is 1.79. The van der Waals surface area contributed by atoms with E-state index >= 15 is 0 Å². The zero-order chi connectivity index (χ0) is 12.5. The Kier molecular flexibility index (Phi) is 3.44. The molecule has 1 aliphatic rings.